The van der Waals surface area contributed by atoms with Crippen LogP contribution >= 0.6 is 0 Å². The molecular weight excluding hydrogens is 342 g/mol. The molecule has 1 saturated heterocycles. The second kappa shape index (κ2) is 7.36. The van der Waals surface area contributed by atoms with Gasteiger partial charge in [0, 0.05) is 37.4 Å². The van der Waals surface area contributed by atoms with Crippen LogP contribution in [-0.2, 0) is 0 Å². The van der Waals surface area contributed by atoms with Crippen molar-refractivity contribution >= 4 is 5.82 Å². The van der Waals surface area contributed by atoms with Crippen LogP contribution in [0.25, 0.3) is 22.8 Å². The maximum Gasteiger partial charge on any atom is 0.259 e. The first-order valence-electron chi connectivity index (χ1n) is 9.04. The van der Waals surface area contributed by atoms with E-state index in [0.717, 1.165) is 42.3 Å². The van der Waals surface area contributed by atoms with E-state index in [0.29, 0.717) is 17.8 Å². The van der Waals surface area contributed by atoms with Crippen LogP contribution in [0.1, 0.15) is 6.92 Å². The predicted octanol–water partition coefficient (Wildman–Crippen LogP) is 2.95. The Morgan fingerprint density at radius 2 is 1.85 bits per heavy atom. The van der Waals surface area contributed by atoms with Gasteiger partial charge in [-0.15, -0.1) is 0 Å². The van der Waals surface area contributed by atoms with Crippen molar-refractivity contribution < 1.29 is 9.26 Å². The van der Waals surface area contributed by atoms with Crippen LogP contribution in [0.2, 0.25) is 0 Å². The standard InChI is InChI=1S/C20H23N5O2/c1-14-13-25(11-10-24(14)2)18-9-6-16(12-21-18)20-22-19(23-27-20)15-4-7-17(26-3)8-5-15/h4-9,12,14H,10-11,13H2,1-3H3/t14-/m1/s1. The van der Waals surface area contributed by atoms with Gasteiger partial charge in [0.2, 0.25) is 5.82 Å². The molecule has 0 amide bonds. The highest BCUT2D eigenvalue weighted by Gasteiger charge is 2.21. The van der Waals surface area contributed by atoms with Crippen molar-refractivity contribution in [2.24, 2.45) is 0 Å². The minimum atomic E-state index is 0.464. The van der Waals surface area contributed by atoms with Crippen molar-refractivity contribution in [3.8, 4) is 28.6 Å². The number of hydrogen-bond donors (Lipinski definition) is 0. The van der Waals surface area contributed by atoms with Gasteiger partial charge < -0.3 is 19.1 Å². The molecule has 1 aromatic carbocycles. The number of piperazine rings is 1. The van der Waals surface area contributed by atoms with Crippen LogP contribution < -0.4 is 9.64 Å². The van der Waals surface area contributed by atoms with Crippen molar-refractivity contribution in [3.63, 3.8) is 0 Å². The second-order valence-electron chi connectivity index (χ2n) is 6.83. The Bertz CT molecular complexity index is 891. The fraction of sp³-hybridized carbons (Fsp3) is 0.350. The van der Waals surface area contributed by atoms with Gasteiger partial charge in [0.25, 0.3) is 5.89 Å². The maximum atomic E-state index is 5.43. The van der Waals surface area contributed by atoms with Crippen LogP contribution in [0.15, 0.2) is 47.1 Å². The average Bonchev–Trinajstić information content (AvgIpc) is 3.20. The molecule has 4 rings (SSSR count). The van der Waals surface area contributed by atoms with Crippen LogP contribution in [-0.4, -0.2) is 59.9 Å². The highest BCUT2D eigenvalue weighted by molar-refractivity contribution is 5.61. The lowest BCUT2D eigenvalue weighted by Gasteiger charge is -2.38. The summed E-state index contributed by atoms with van der Waals surface area (Å²) in [6.07, 6.45) is 1.80. The van der Waals surface area contributed by atoms with Gasteiger partial charge >= 0.3 is 0 Å². The quantitative estimate of drug-likeness (QED) is 0.704. The van der Waals surface area contributed by atoms with E-state index in [-0.39, 0.29) is 0 Å². The molecular formula is C20H23N5O2. The molecule has 0 bridgehead atoms. The molecule has 27 heavy (non-hydrogen) atoms. The lowest BCUT2D eigenvalue weighted by atomic mass is 10.2. The molecule has 140 valence electrons. The highest BCUT2D eigenvalue weighted by atomic mass is 16.5. The van der Waals surface area contributed by atoms with E-state index >= 15 is 0 Å². The van der Waals surface area contributed by atoms with E-state index in [2.05, 4.69) is 38.9 Å². The summed E-state index contributed by atoms with van der Waals surface area (Å²) in [6, 6.07) is 12.1. The summed E-state index contributed by atoms with van der Waals surface area (Å²) in [7, 11) is 3.80. The number of rotatable bonds is 4. The summed E-state index contributed by atoms with van der Waals surface area (Å²) in [5.74, 6) is 2.78. The highest BCUT2D eigenvalue weighted by Crippen LogP contribution is 2.25. The molecule has 0 radical (unpaired) electrons. The molecule has 3 heterocycles. The van der Waals surface area contributed by atoms with E-state index in [1.54, 1.807) is 13.3 Å². The van der Waals surface area contributed by atoms with Gasteiger partial charge in [-0.1, -0.05) is 5.16 Å². The number of hydrogen-bond acceptors (Lipinski definition) is 7. The Morgan fingerprint density at radius 1 is 1.07 bits per heavy atom. The minimum Gasteiger partial charge on any atom is -0.497 e. The number of likely N-dealkylation sites (N-methyl/N-ethyl adjacent to an activating group) is 1. The third kappa shape index (κ3) is 3.64. The van der Waals surface area contributed by atoms with Gasteiger partial charge in [0.05, 0.1) is 12.7 Å². The van der Waals surface area contributed by atoms with Gasteiger partial charge in [-0.3, -0.25) is 0 Å². The molecule has 1 aliphatic rings. The molecule has 0 N–H and O–H groups in total. The summed E-state index contributed by atoms with van der Waals surface area (Å²) in [4.78, 5) is 13.8. The molecule has 7 heteroatoms. The Kier molecular flexibility index (Phi) is 4.77. The maximum absolute atomic E-state index is 5.43. The van der Waals surface area contributed by atoms with Crippen LogP contribution in [0.4, 0.5) is 5.82 Å². The Balaban J connectivity index is 1.50. The first-order chi connectivity index (χ1) is 13.1. The third-order valence-corrected chi connectivity index (χ3v) is 5.05. The van der Waals surface area contributed by atoms with Crippen molar-refractivity contribution in [2.45, 2.75) is 13.0 Å². The topological polar surface area (TPSA) is 67.5 Å². The van der Waals surface area contributed by atoms with Crippen LogP contribution in [0.3, 0.4) is 0 Å². The lowest BCUT2D eigenvalue weighted by Crippen LogP contribution is -2.50. The summed E-state index contributed by atoms with van der Waals surface area (Å²) in [5.41, 5.74) is 1.69. The van der Waals surface area contributed by atoms with Crippen molar-refractivity contribution in [2.75, 3.05) is 38.7 Å². The van der Waals surface area contributed by atoms with E-state index in [4.69, 9.17) is 9.26 Å². The number of anilines is 1. The number of benzene rings is 1. The fourth-order valence-electron chi connectivity index (χ4n) is 3.15. The Morgan fingerprint density at radius 3 is 2.52 bits per heavy atom. The molecule has 1 aliphatic heterocycles. The number of ether oxygens (including phenoxy) is 1. The zero-order valence-corrected chi connectivity index (χ0v) is 15.8. The molecule has 0 unspecified atom stereocenters. The summed E-state index contributed by atoms with van der Waals surface area (Å²) < 4.78 is 10.6. The lowest BCUT2D eigenvalue weighted by molar-refractivity contribution is 0.233. The molecule has 1 fully saturated rings. The normalized spacial score (nSPS) is 17.9. The molecule has 1 atom stereocenters. The van der Waals surface area contributed by atoms with Crippen LogP contribution in [0, 0.1) is 0 Å². The molecule has 7 nitrogen and oxygen atoms in total. The van der Waals surface area contributed by atoms with Crippen molar-refractivity contribution in [1.82, 2.24) is 20.0 Å². The average molecular weight is 365 g/mol. The molecule has 2 aromatic heterocycles. The number of nitrogens with zero attached hydrogens (tertiary/aromatic N) is 5. The largest absolute Gasteiger partial charge is 0.497 e. The van der Waals surface area contributed by atoms with E-state index in [1.807, 2.05) is 36.4 Å². The van der Waals surface area contributed by atoms with E-state index < -0.39 is 0 Å². The Labute approximate surface area is 158 Å². The molecule has 3 aromatic rings. The fourth-order valence-corrected chi connectivity index (χ4v) is 3.15. The minimum absolute atomic E-state index is 0.464. The van der Waals surface area contributed by atoms with Crippen molar-refractivity contribution in [3.05, 3.63) is 42.6 Å². The molecule has 0 saturated carbocycles. The second-order valence-corrected chi connectivity index (χ2v) is 6.83. The smallest absolute Gasteiger partial charge is 0.259 e. The monoisotopic (exact) mass is 365 g/mol. The zero-order valence-electron chi connectivity index (χ0n) is 15.8. The first-order valence-corrected chi connectivity index (χ1v) is 9.04. The predicted molar refractivity (Wildman–Crippen MR) is 104 cm³/mol. The molecule has 0 aliphatic carbocycles. The van der Waals surface area contributed by atoms with Gasteiger partial charge in [-0.05, 0) is 50.4 Å². The first kappa shape index (κ1) is 17.5. The zero-order chi connectivity index (χ0) is 18.8. The number of pyridine rings is 1. The Hall–Kier alpha value is -2.93. The summed E-state index contributed by atoms with van der Waals surface area (Å²) in [6.45, 7) is 5.24. The molecule has 0 spiro atoms. The van der Waals surface area contributed by atoms with Gasteiger partial charge in [-0.2, -0.15) is 4.98 Å². The van der Waals surface area contributed by atoms with Crippen molar-refractivity contribution in [1.29, 1.82) is 0 Å². The van der Waals surface area contributed by atoms with Gasteiger partial charge in [0.15, 0.2) is 0 Å². The third-order valence-electron chi connectivity index (χ3n) is 5.05. The van der Waals surface area contributed by atoms with Gasteiger partial charge in [0.1, 0.15) is 11.6 Å². The van der Waals surface area contributed by atoms with E-state index in [9.17, 15) is 0 Å². The number of methoxy groups -OCH3 is 1. The summed E-state index contributed by atoms with van der Waals surface area (Å²) in [5, 5.41) is 4.08. The SMILES string of the molecule is COc1ccc(-c2noc(-c3ccc(N4CCN(C)[C@H](C)C4)nc3)n2)cc1. The van der Waals surface area contributed by atoms with Gasteiger partial charge in [-0.25, -0.2) is 4.98 Å². The summed E-state index contributed by atoms with van der Waals surface area (Å²) >= 11 is 0. The van der Waals surface area contributed by atoms with E-state index in [1.165, 1.54) is 0 Å². The number of aromatic nitrogens is 3. The van der Waals surface area contributed by atoms with Crippen LogP contribution in [0.5, 0.6) is 5.75 Å².